The van der Waals surface area contributed by atoms with Crippen molar-refractivity contribution in [1.82, 2.24) is 0 Å². The second kappa shape index (κ2) is 3.47. The molecule has 1 aliphatic heterocycles. The zero-order valence-electron chi connectivity index (χ0n) is 7.16. The fourth-order valence-electron chi connectivity index (χ4n) is 1.46. The van der Waals surface area contributed by atoms with Gasteiger partial charge < -0.3 is 9.47 Å². The maximum atomic E-state index is 5.90. The van der Waals surface area contributed by atoms with Gasteiger partial charge in [-0.15, -0.1) is 22.7 Å². The van der Waals surface area contributed by atoms with Gasteiger partial charge in [0.1, 0.15) is 0 Å². The summed E-state index contributed by atoms with van der Waals surface area (Å²) in [6.45, 7) is 1.38. The Morgan fingerprint density at radius 2 is 1.86 bits per heavy atom. The second-order valence-corrected chi connectivity index (χ2v) is 5.83. The third kappa shape index (κ3) is 1.47. The van der Waals surface area contributed by atoms with Crippen molar-refractivity contribution < 1.29 is 9.47 Å². The Labute approximate surface area is 94.0 Å². The van der Waals surface area contributed by atoms with E-state index >= 15 is 0 Å². The summed E-state index contributed by atoms with van der Waals surface area (Å²) in [7, 11) is 0. The molecule has 3 heterocycles. The fourth-order valence-corrected chi connectivity index (χ4v) is 4.02. The topological polar surface area (TPSA) is 18.5 Å². The molecule has 74 valence electrons. The van der Waals surface area contributed by atoms with E-state index in [1.165, 1.54) is 9.40 Å². The normalized spacial score (nSPS) is 18.4. The summed E-state index contributed by atoms with van der Waals surface area (Å²) >= 11 is 9.19. The first-order chi connectivity index (χ1) is 6.83. The lowest BCUT2D eigenvalue weighted by Gasteiger charge is -2.04. The van der Waals surface area contributed by atoms with E-state index in [9.17, 15) is 0 Å². The van der Waals surface area contributed by atoms with Crippen LogP contribution in [0.3, 0.4) is 0 Å². The quantitative estimate of drug-likeness (QED) is 0.765. The van der Waals surface area contributed by atoms with E-state index in [-0.39, 0.29) is 6.29 Å². The van der Waals surface area contributed by atoms with Crippen LogP contribution < -0.4 is 0 Å². The van der Waals surface area contributed by atoms with Crippen molar-refractivity contribution in [2.45, 2.75) is 6.29 Å². The van der Waals surface area contributed by atoms with Crippen LogP contribution in [0.4, 0.5) is 0 Å². The monoisotopic (exact) mass is 246 g/mol. The van der Waals surface area contributed by atoms with Crippen LogP contribution in [-0.2, 0) is 9.47 Å². The maximum absolute atomic E-state index is 5.90. The molecule has 2 aromatic heterocycles. The Morgan fingerprint density at radius 1 is 1.14 bits per heavy atom. The lowest BCUT2D eigenvalue weighted by Crippen LogP contribution is -1.93. The molecular weight excluding hydrogens is 240 g/mol. The van der Waals surface area contributed by atoms with Gasteiger partial charge >= 0.3 is 0 Å². The molecule has 2 aromatic rings. The van der Waals surface area contributed by atoms with Gasteiger partial charge in [-0.3, -0.25) is 0 Å². The van der Waals surface area contributed by atoms with E-state index in [1.807, 2.05) is 6.07 Å². The van der Waals surface area contributed by atoms with E-state index in [4.69, 9.17) is 21.1 Å². The number of rotatable bonds is 1. The molecule has 0 unspecified atom stereocenters. The molecule has 2 nitrogen and oxygen atoms in total. The first kappa shape index (κ1) is 9.12. The zero-order valence-corrected chi connectivity index (χ0v) is 9.55. The van der Waals surface area contributed by atoms with Gasteiger partial charge in [0.05, 0.1) is 22.4 Å². The van der Waals surface area contributed by atoms with Gasteiger partial charge in [-0.05, 0) is 12.1 Å². The van der Waals surface area contributed by atoms with Crippen LogP contribution in [0.2, 0.25) is 4.34 Å². The molecule has 1 aliphatic rings. The van der Waals surface area contributed by atoms with E-state index in [1.54, 1.807) is 22.7 Å². The molecular formula is C9H7ClO2S2. The molecule has 0 saturated carbocycles. The molecule has 0 aromatic carbocycles. The van der Waals surface area contributed by atoms with Crippen molar-refractivity contribution in [2.75, 3.05) is 13.2 Å². The summed E-state index contributed by atoms with van der Waals surface area (Å²) in [5, 5.41) is 0. The molecule has 0 spiro atoms. The fraction of sp³-hybridized carbons (Fsp3) is 0.333. The van der Waals surface area contributed by atoms with Gasteiger partial charge in [-0.2, -0.15) is 0 Å². The van der Waals surface area contributed by atoms with Crippen molar-refractivity contribution in [2.24, 2.45) is 0 Å². The average Bonchev–Trinajstić information content (AvgIpc) is 2.74. The highest BCUT2D eigenvalue weighted by Crippen LogP contribution is 2.39. The predicted octanol–water partition coefficient (Wildman–Crippen LogP) is 3.66. The smallest absolute Gasteiger partial charge is 0.193 e. The van der Waals surface area contributed by atoms with Gasteiger partial charge in [-0.1, -0.05) is 11.6 Å². The second-order valence-electron chi connectivity index (χ2n) is 3.00. The van der Waals surface area contributed by atoms with Gasteiger partial charge in [0, 0.05) is 9.40 Å². The molecule has 0 atom stereocenters. The van der Waals surface area contributed by atoms with Crippen molar-refractivity contribution in [3.8, 4) is 0 Å². The van der Waals surface area contributed by atoms with Crippen LogP contribution in [0, 0.1) is 0 Å². The minimum Gasteiger partial charge on any atom is -0.345 e. The molecule has 14 heavy (non-hydrogen) atoms. The van der Waals surface area contributed by atoms with Crippen molar-refractivity contribution in [3.63, 3.8) is 0 Å². The molecule has 0 bridgehead atoms. The minimum absolute atomic E-state index is 0.154. The minimum atomic E-state index is -0.154. The number of hydrogen-bond donors (Lipinski definition) is 0. The van der Waals surface area contributed by atoms with E-state index in [0.717, 1.165) is 9.21 Å². The van der Waals surface area contributed by atoms with Crippen molar-refractivity contribution in [3.05, 3.63) is 21.3 Å². The third-order valence-corrected chi connectivity index (χ3v) is 4.49. The summed E-state index contributed by atoms with van der Waals surface area (Å²) in [5.41, 5.74) is 0. The average molecular weight is 247 g/mol. The Bertz CT molecular complexity index is 425. The Hall–Kier alpha value is -0.130. The Morgan fingerprint density at radius 3 is 2.57 bits per heavy atom. The Kier molecular flexibility index (Phi) is 2.26. The summed E-state index contributed by atoms with van der Waals surface area (Å²) in [4.78, 5) is 1.14. The number of halogens is 1. The van der Waals surface area contributed by atoms with Crippen LogP contribution in [0.15, 0.2) is 12.1 Å². The zero-order chi connectivity index (χ0) is 9.54. The van der Waals surface area contributed by atoms with Crippen LogP contribution in [-0.4, -0.2) is 13.2 Å². The molecule has 0 amide bonds. The molecule has 5 heteroatoms. The van der Waals surface area contributed by atoms with Crippen molar-refractivity contribution >= 4 is 43.7 Å². The van der Waals surface area contributed by atoms with Crippen LogP contribution >= 0.6 is 34.3 Å². The van der Waals surface area contributed by atoms with Gasteiger partial charge in [-0.25, -0.2) is 0 Å². The lowest BCUT2D eigenvalue weighted by molar-refractivity contribution is -0.0412. The molecule has 0 aliphatic carbocycles. The standard InChI is InChI=1S/C9H7ClO2S2/c10-8-4-6-5(14-8)3-7(13-6)9-11-1-2-12-9/h3-4,9H,1-2H2. The molecule has 3 rings (SSSR count). The highest BCUT2D eigenvalue weighted by atomic mass is 35.5. The van der Waals surface area contributed by atoms with Gasteiger partial charge in [0.25, 0.3) is 0 Å². The van der Waals surface area contributed by atoms with Crippen molar-refractivity contribution in [1.29, 1.82) is 0 Å². The largest absolute Gasteiger partial charge is 0.345 e. The summed E-state index contributed by atoms with van der Waals surface area (Å²) in [6.07, 6.45) is -0.154. The summed E-state index contributed by atoms with van der Waals surface area (Å²) in [5.74, 6) is 0. The van der Waals surface area contributed by atoms with Crippen LogP contribution in [0.1, 0.15) is 11.2 Å². The number of hydrogen-bond acceptors (Lipinski definition) is 4. The highest BCUT2D eigenvalue weighted by molar-refractivity contribution is 7.29. The summed E-state index contributed by atoms with van der Waals surface area (Å²) < 4.78 is 14.1. The van der Waals surface area contributed by atoms with Gasteiger partial charge in [0.2, 0.25) is 0 Å². The van der Waals surface area contributed by atoms with Crippen LogP contribution in [0.25, 0.3) is 9.40 Å². The lowest BCUT2D eigenvalue weighted by atomic mass is 10.4. The van der Waals surface area contributed by atoms with E-state index < -0.39 is 0 Å². The van der Waals surface area contributed by atoms with Crippen LogP contribution in [0.5, 0.6) is 0 Å². The molecule has 0 N–H and O–H groups in total. The molecule has 0 radical (unpaired) electrons. The van der Waals surface area contributed by atoms with E-state index in [0.29, 0.717) is 13.2 Å². The number of thiophene rings is 2. The SMILES string of the molecule is Clc1cc2sc(C3OCCO3)cc2s1. The number of fused-ring (bicyclic) bond motifs is 1. The first-order valence-corrected chi connectivity index (χ1v) is 6.26. The number of ether oxygens (including phenoxy) is 2. The molecule has 1 saturated heterocycles. The first-order valence-electron chi connectivity index (χ1n) is 4.25. The predicted molar refractivity (Wildman–Crippen MR) is 59.4 cm³/mol. The molecule has 1 fully saturated rings. The third-order valence-electron chi connectivity index (χ3n) is 2.05. The maximum Gasteiger partial charge on any atom is 0.193 e. The summed E-state index contributed by atoms with van der Waals surface area (Å²) in [6, 6.07) is 4.09. The van der Waals surface area contributed by atoms with Gasteiger partial charge in [0.15, 0.2) is 6.29 Å². The Balaban J connectivity index is 2.01. The van der Waals surface area contributed by atoms with E-state index in [2.05, 4.69) is 6.07 Å². The highest BCUT2D eigenvalue weighted by Gasteiger charge is 2.21.